The van der Waals surface area contributed by atoms with Crippen molar-refractivity contribution in [3.05, 3.63) is 0 Å². The molecule has 1 unspecified atom stereocenters. The van der Waals surface area contributed by atoms with Crippen molar-refractivity contribution in [2.24, 2.45) is 5.92 Å². The topological polar surface area (TPSA) is 40.5 Å². The van der Waals surface area contributed by atoms with Crippen LogP contribution < -0.4 is 0 Å². The molecule has 4 heteroatoms. The fourth-order valence-corrected chi connectivity index (χ4v) is 3.03. The van der Waals surface area contributed by atoms with Crippen molar-refractivity contribution in [3.8, 4) is 0 Å². The first-order chi connectivity index (χ1) is 6.68. The average molecular weight is 217 g/mol. The molecule has 14 heavy (non-hydrogen) atoms. The van der Waals surface area contributed by atoms with Gasteiger partial charge in [0, 0.05) is 13.0 Å². The molecule has 0 aromatic heterocycles. The minimum atomic E-state index is -0.685. The van der Waals surface area contributed by atoms with Crippen LogP contribution in [0.2, 0.25) is 0 Å². The van der Waals surface area contributed by atoms with Crippen molar-refractivity contribution in [2.75, 3.05) is 31.6 Å². The van der Waals surface area contributed by atoms with Gasteiger partial charge < -0.3 is 10.0 Å². The Morgan fingerprint density at radius 2 is 2.43 bits per heavy atom. The smallest absolute Gasteiger partial charge is 0.303 e. The van der Waals surface area contributed by atoms with Gasteiger partial charge in [0.25, 0.3) is 0 Å². The lowest BCUT2D eigenvalue weighted by Crippen LogP contribution is -2.27. The van der Waals surface area contributed by atoms with Gasteiger partial charge in [-0.05, 0) is 43.9 Å². The summed E-state index contributed by atoms with van der Waals surface area (Å²) in [5, 5.41) is 8.49. The van der Waals surface area contributed by atoms with Gasteiger partial charge in [-0.2, -0.15) is 11.8 Å². The van der Waals surface area contributed by atoms with Crippen LogP contribution in [-0.4, -0.2) is 47.6 Å². The first-order valence-corrected chi connectivity index (χ1v) is 6.32. The molecule has 1 aliphatic heterocycles. The van der Waals surface area contributed by atoms with Crippen molar-refractivity contribution in [3.63, 3.8) is 0 Å². The molecule has 0 saturated carbocycles. The fraction of sp³-hybridized carbons (Fsp3) is 0.900. The lowest BCUT2D eigenvalue weighted by atomic mass is 10.1. The second kappa shape index (κ2) is 6.30. The Morgan fingerprint density at radius 1 is 1.64 bits per heavy atom. The largest absolute Gasteiger partial charge is 0.481 e. The maximum Gasteiger partial charge on any atom is 0.303 e. The molecule has 82 valence electrons. The van der Waals surface area contributed by atoms with Gasteiger partial charge in [0.2, 0.25) is 0 Å². The number of rotatable bonds is 6. The maximum absolute atomic E-state index is 10.3. The van der Waals surface area contributed by atoms with E-state index in [2.05, 4.69) is 11.9 Å². The van der Waals surface area contributed by atoms with Crippen LogP contribution in [0, 0.1) is 5.92 Å². The van der Waals surface area contributed by atoms with E-state index in [0.29, 0.717) is 6.42 Å². The molecule has 0 radical (unpaired) electrons. The molecule has 0 spiro atoms. The van der Waals surface area contributed by atoms with Gasteiger partial charge >= 0.3 is 5.97 Å². The summed E-state index contributed by atoms with van der Waals surface area (Å²) >= 11 is 2.03. The molecule has 1 aliphatic rings. The Hall–Kier alpha value is -0.220. The number of hydrogen-bond acceptors (Lipinski definition) is 3. The number of nitrogens with zero attached hydrogens (tertiary/aromatic N) is 1. The summed E-state index contributed by atoms with van der Waals surface area (Å²) in [7, 11) is 2.09. The highest BCUT2D eigenvalue weighted by Gasteiger charge is 2.16. The SMILES string of the molecule is CN(CCCC(=O)O)CC1CCSC1. The van der Waals surface area contributed by atoms with Crippen LogP contribution in [0.15, 0.2) is 0 Å². The zero-order valence-corrected chi connectivity index (χ0v) is 9.55. The molecule has 3 nitrogen and oxygen atoms in total. The Kier molecular flexibility index (Phi) is 5.33. The van der Waals surface area contributed by atoms with Crippen LogP contribution >= 0.6 is 11.8 Å². The van der Waals surface area contributed by atoms with E-state index in [4.69, 9.17) is 5.11 Å². The number of hydrogen-bond donors (Lipinski definition) is 1. The third-order valence-electron chi connectivity index (χ3n) is 2.52. The molecule has 0 aliphatic carbocycles. The standard InChI is InChI=1S/C10H19NO2S/c1-11(5-2-3-10(12)13)7-9-4-6-14-8-9/h9H,2-8H2,1H3,(H,12,13). The van der Waals surface area contributed by atoms with Crippen LogP contribution in [0.3, 0.4) is 0 Å². The molecule has 1 rings (SSSR count). The average Bonchev–Trinajstić information content (AvgIpc) is 2.56. The molecule has 1 saturated heterocycles. The fourth-order valence-electron chi connectivity index (χ4n) is 1.76. The molecule has 1 N–H and O–H groups in total. The summed E-state index contributed by atoms with van der Waals surface area (Å²) in [6.45, 7) is 2.04. The lowest BCUT2D eigenvalue weighted by Gasteiger charge is -2.19. The van der Waals surface area contributed by atoms with Gasteiger partial charge in [0.05, 0.1) is 0 Å². The summed E-state index contributed by atoms with van der Waals surface area (Å²) in [4.78, 5) is 12.6. The highest BCUT2D eigenvalue weighted by atomic mass is 32.2. The van der Waals surface area contributed by atoms with E-state index in [9.17, 15) is 4.79 Å². The molecule has 1 heterocycles. The summed E-state index contributed by atoms with van der Waals surface area (Å²) < 4.78 is 0. The predicted molar refractivity (Wildman–Crippen MR) is 59.8 cm³/mol. The lowest BCUT2D eigenvalue weighted by molar-refractivity contribution is -0.137. The second-order valence-corrected chi connectivity index (χ2v) is 5.14. The Bertz CT molecular complexity index is 181. The van der Waals surface area contributed by atoms with Crippen LogP contribution in [0.4, 0.5) is 0 Å². The number of thioether (sulfide) groups is 1. The zero-order valence-electron chi connectivity index (χ0n) is 8.74. The van der Waals surface area contributed by atoms with Crippen molar-refractivity contribution >= 4 is 17.7 Å². The van der Waals surface area contributed by atoms with E-state index >= 15 is 0 Å². The van der Waals surface area contributed by atoms with Crippen LogP contribution in [0.5, 0.6) is 0 Å². The summed E-state index contributed by atoms with van der Waals surface area (Å²) in [5.41, 5.74) is 0. The van der Waals surface area contributed by atoms with E-state index in [1.807, 2.05) is 11.8 Å². The number of carboxylic acids is 1. The molecule has 0 aromatic rings. The van der Waals surface area contributed by atoms with E-state index in [1.165, 1.54) is 17.9 Å². The third-order valence-corrected chi connectivity index (χ3v) is 3.76. The summed E-state index contributed by atoms with van der Waals surface area (Å²) in [5.74, 6) is 2.72. The van der Waals surface area contributed by atoms with Gasteiger partial charge in [-0.1, -0.05) is 0 Å². The van der Waals surface area contributed by atoms with Gasteiger partial charge in [0.15, 0.2) is 0 Å². The monoisotopic (exact) mass is 217 g/mol. The van der Waals surface area contributed by atoms with Crippen molar-refractivity contribution in [1.82, 2.24) is 4.90 Å². The van der Waals surface area contributed by atoms with Crippen molar-refractivity contribution < 1.29 is 9.90 Å². The van der Waals surface area contributed by atoms with E-state index in [-0.39, 0.29) is 0 Å². The van der Waals surface area contributed by atoms with Gasteiger partial charge in [-0.15, -0.1) is 0 Å². The maximum atomic E-state index is 10.3. The normalized spacial score (nSPS) is 21.7. The first kappa shape index (κ1) is 11.9. The molecule has 1 fully saturated rings. The molecular formula is C10H19NO2S. The third kappa shape index (κ3) is 4.86. The Balaban J connectivity index is 2.03. The number of carboxylic acid groups (broad SMARTS) is 1. The van der Waals surface area contributed by atoms with E-state index < -0.39 is 5.97 Å². The summed E-state index contributed by atoms with van der Waals surface area (Å²) in [6, 6.07) is 0. The number of aliphatic carboxylic acids is 1. The summed E-state index contributed by atoms with van der Waals surface area (Å²) in [6.07, 6.45) is 2.39. The molecule has 0 bridgehead atoms. The van der Waals surface area contributed by atoms with Crippen LogP contribution in [0.1, 0.15) is 19.3 Å². The van der Waals surface area contributed by atoms with Crippen molar-refractivity contribution in [2.45, 2.75) is 19.3 Å². The second-order valence-electron chi connectivity index (χ2n) is 3.99. The van der Waals surface area contributed by atoms with Gasteiger partial charge in [-0.3, -0.25) is 4.79 Å². The Labute approximate surface area is 89.9 Å². The first-order valence-electron chi connectivity index (χ1n) is 5.16. The van der Waals surface area contributed by atoms with E-state index in [1.54, 1.807) is 0 Å². The van der Waals surface area contributed by atoms with Crippen LogP contribution in [0.25, 0.3) is 0 Å². The highest BCUT2D eigenvalue weighted by molar-refractivity contribution is 7.99. The predicted octanol–water partition coefficient (Wildman–Crippen LogP) is 1.54. The van der Waals surface area contributed by atoms with Gasteiger partial charge in [0.1, 0.15) is 0 Å². The minimum absolute atomic E-state index is 0.295. The molecular weight excluding hydrogens is 198 g/mol. The number of carbonyl (C=O) groups is 1. The van der Waals surface area contributed by atoms with Crippen molar-refractivity contribution in [1.29, 1.82) is 0 Å². The quantitative estimate of drug-likeness (QED) is 0.732. The van der Waals surface area contributed by atoms with E-state index in [0.717, 1.165) is 25.4 Å². The molecule has 0 aromatic carbocycles. The van der Waals surface area contributed by atoms with Crippen LogP contribution in [-0.2, 0) is 4.79 Å². The molecule has 1 atom stereocenters. The minimum Gasteiger partial charge on any atom is -0.481 e. The van der Waals surface area contributed by atoms with Gasteiger partial charge in [-0.25, -0.2) is 0 Å². The molecule has 0 amide bonds. The Morgan fingerprint density at radius 3 is 3.00 bits per heavy atom. The highest BCUT2D eigenvalue weighted by Crippen LogP contribution is 2.23. The zero-order chi connectivity index (χ0) is 10.4.